The number of carboxylic acids is 1. The van der Waals surface area contributed by atoms with Crippen LogP contribution >= 0.6 is 0 Å². The van der Waals surface area contributed by atoms with E-state index in [1.54, 1.807) is 12.1 Å². The van der Waals surface area contributed by atoms with Gasteiger partial charge in [-0.2, -0.15) is 0 Å². The molecule has 0 radical (unpaired) electrons. The first-order chi connectivity index (χ1) is 9.47. The third-order valence-corrected chi connectivity index (χ3v) is 3.21. The molecule has 1 aliphatic heterocycles. The van der Waals surface area contributed by atoms with E-state index < -0.39 is 12.1 Å². The normalized spacial score (nSPS) is 18.9. The number of phenols is 1. The third-order valence-electron chi connectivity index (χ3n) is 3.21. The number of carbonyl (C=O) groups excluding carboxylic acids is 1. The Bertz CT molecular complexity index is 528. The molecule has 6 heteroatoms. The molecule has 1 saturated heterocycles. The summed E-state index contributed by atoms with van der Waals surface area (Å²) in [5.74, 6) is -1.32. The summed E-state index contributed by atoms with van der Waals surface area (Å²) in [4.78, 5) is 24.5. The molecule has 2 N–H and O–H groups in total. The van der Waals surface area contributed by atoms with E-state index in [4.69, 9.17) is 9.84 Å². The Morgan fingerprint density at radius 3 is 2.85 bits per heavy atom. The Kier molecular flexibility index (Phi) is 4.24. The average molecular weight is 279 g/mol. The number of nitrogens with zero attached hydrogens (tertiary/aromatic N) is 1. The average Bonchev–Trinajstić information content (AvgIpc) is 2.37. The van der Waals surface area contributed by atoms with Crippen molar-refractivity contribution in [2.45, 2.75) is 19.4 Å². The maximum Gasteiger partial charge on any atom is 0.306 e. The van der Waals surface area contributed by atoms with Gasteiger partial charge in [-0.15, -0.1) is 0 Å². The fourth-order valence-electron chi connectivity index (χ4n) is 2.21. The van der Waals surface area contributed by atoms with Crippen LogP contribution in [-0.4, -0.2) is 52.8 Å². The number of carbonyl (C=O) groups is 2. The second-order valence-corrected chi connectivity index (χ2v) is 4.86. The Labute approximate surface area is 116 Å². The summed E-state index contributed by atoms with van der Waals surface area (Å²) in [6, 6.07) is 4.86. The van der Waals surface area contributed by atoms with E-state index in [1.165, 1.54) is 11.0 Å². The highest BCUT2D eigenvalue weighted by Crippen LogP contribution is 2.21. The van der Waals surface area contributed by atoms with Crippen LogP contribution in [0.2, 0.25) is 0 Å². The molecule has 1 aromatic rings. The molecule has 0 spiro atoms. The van der Waals surface area contributed by atoms with E-state index in [-0.39, 0.29) is 30.2 Å². The van der Waals surface area contributed by atoms with Crippen molar-refractivity contribution in [2.24, 2.45) is 0 Å². The van der Waals surface area contributed by atoms with Gasteiger partial charge in [0.05, 0.1) is 24.7 Å². The SMILES string of the molecule is Cc1ccc(C(=O)N2CCOC(CC(=O)O)C2)c(O)c1. The summed E-state index contributed by atoms with van der Waals surface area (Å²) in [6.07, 6.45) is -0.637. The molecule has 1 atom stereocenters. The van der Waals surface area contributed by atoms with Gasteiger partial charge in [-0.05, 0) is 24.6 Å². The topological polar surface area (TPSA) is 87.1 Å². The highest BCUT2D eigenvalue weighted by atomic mass is 16.5. The number of aromatic hydroxyl groups is 1. The first kappa shape index (κ1) is 14.3. The lowest BCUT2D eigenvalue weighted by Gasteiger charge is -2.32. The lowest BCUT2D eigenvalue weighted by molar-refractivity contribution is -0.141. The summed E-state index contributed by atoms with van der Waals surface area (Å²) >= 11 is 0. The highest BCUT2D eigenvalue weighted by Gasteiger charge is 2.27. The van der Waals surface area contributed by atoms with Crippen molar-refractivity contribution in [3.63, 3.8) is 0 Å². The summed E-state index contributed by atoms with van der Waals surface area (Å²) in [7, 11) is 0. The van der Waals surface area contributed by atoms with Gasteiger partial charge in [-0.1, -0.05) is 6.07 Å². The van der Waals surface area contributed by atoms with Gasteiger partial charge in [0, 0.05) is 13.1 Å². The van der Waals surface area contributed by atoms with Crippen LogP contribution in [0.5, 0.6) is 5.75 Å². The van der Waals surface area contributed by atoms with Crippen molar-refractivity contribution >= 4 is 11.9 Å². The second-order valence-electron chi connectivity index (χ2n) is 4.86. The van der Waals surface area contributed by atoms with Crippen LogP contribution in [0.4, 0.5) is 0 Å². The molecule has 1 amide bonds. The molecular formula is C14H17NO5. The van der Waals surface area contributed by atoms with Crippen LogP contribution in [-0.2, 0) is 9.53 Å². The molecule has 108 valence electrons. The van der Waals surface area contributed by atoms with Gasteiger partial charge >= 0.3 is 5.97 Å². The number of rotatable bonds is 3. The molecule has 1 fully saturated rings. The van der Waals surface area contributed by atoms with Crippen LogP contribution in [0, 0.1) is 6.92 Å². The molecule has 0 saturated carbocycles. The summed E-state index contributed by atoms with van der Waals surface area (Å²) < 4.78 is 5.32. The van der Waals surface area contributed by atoms with Gasteiger partial charge in [-0.3, -0.25) is 9.59 Å². The standard InChI is InChI=1S/C14H17NO5/c1-9-2-3-11(12(16)6-9)14(19)15-4-5-20-10(8-15)7-13(17)18/h2-3,6,10,16H,4-5,7-8H2,1H3,(H,17,18). The van der Waals surface area contributed by atoms with Gasteiger partial charge in [0.15, 0.2) is 0 Å². The number of aryl methyl sites for hydroxylation is 1. The van der Waals surface area contributed by atoms with Crippen molar-refractivity contribution in [3.8, 4) is 5.75 Å². The fourth-order valence-corrected chi connectivity index (χ4v) is 2.21. The maximum atomic E-state index is 12.3. The molecule has 0 bridgehead atoms. The molecule has 0 aromatic heterocycles. The van der Waals surface area contributed by atoms with Crippen molar-refractivity contribution in [2.75, 3.05) is 19.7 Å². The number of hydrogen-bond acceptors (Lipinski definition) is 4. The molecule has 20 heavy (non-hydrogen) atoms. The minimum absolute atomic E-state index is 0.0590. The number of morpholine rings is 1. The first-order valence-corrected chi connectivity index (χ1v) is 6.39. The third kappa shape index (κ3) is 3.27. The number of benzene rings is 1. The van der Waals surface area contributed by atoms with Gasteiger partial charge < -0.3 is 19.8 Å². The molecule has 1 heterocycles. The Balaban J connectivity index is 2.10. The quantitative estimate of drug-likeness (QED) is 0.862. The first-order valence-electron chi connectivity index (χ1n) is 6.39. The van der Waals surface area contributed by atoms with Crippen molar-refractivity contribution in [1.82, 2.24) is 4.90 Å². The van der Waals surface area contributed by atoms with E-state index in [2.05, 4.69) is 0 Å². The summed E-state index contributed by atoms with van der Waals surface area (Å²) in [6.45, 7) is 2.74. The number of phenolic OH excluding ortho intramolecular Hbond substituents is 1. The molecular weight excluding hydrogens is 262 g/mol. The summed E-state index contributed by atoms with van der Waals surface area (Å²) in [5.41, 5.74) is 1.09. The monoisotopic (exact) mass is 279 g/mol. The highest BCUT2D eigenvalue weighted by molar-refractivity contribution is 5.97. The predicted octanol–water partition coefficient (Wildman–Crippen LogP) is 1.02. The molecule has 1 aliphatic rings. The van der Waals surface area contributed by atoms with E-state index in [1.807, 2.05) is 6.92 Å². The van der Waals surface area contributed by atoms with Gasteiger partial charge in [0.2, 0.25) is 0 Å². The van der Waals surface area contributed by atoms with E-state index in [0.29, 0.717) is 13.2 Å². The van der Waals surface area contributed by atoms with Crippen molar-refractivity contribution < 1.29 is 24.5 Å². The molecule has 1 aromatic carbocycles. The lowest BCUT2D eigenvalue weighted by atomic mass is 10.1. The largest absolute Gasteiger partial charge is 0.507 e. The smallest absolute Gasteiger partial charge is 0.306 e. The van der Waals surface area contributed by atoms with Crippen LogP contribution in [0.3, 0.4) is 0 Å². The molecule has 0 aliphatic carbocycles. The van der Waals surface area contributed by atoms with Crippen LogP contribution < -0.4 is 0 Å². The zero-order valence-corrected chi connectivity index (χ0v) is 11.2. The van der Waals surface area contributed by atoms with Crippen LogP contribution in [0.25, 0.3) is 0 Å². The number of amides is 1. The number of carboxylic acid groups (broad SMARTS) is 1. The molecule has 6 nitrogen and oxygen atoms in total. The zero-order valence-electron chi connectivity index (χ0n) is 11.2. The number of aliphatic carboxylic acids is 1. The zero-order chi connectivity index (χ0) is 14.7. The predicted molar refractivity (Wildman–Crippen MR) is 70.7 cm³/mol. The minimum Gasteiger partial charge on any atom is -0.507 e. The Morgan fingerprint density at radius 2 is 2.20 bits per heavy atom. The van der Waals surface area contributed by atoms with E-state index in [0.717, 1.165) is 5.56 Å². The van der Waals surface area contributed by atoms with Crippen molar-refractivity contribution in [3.05, 3.63) is 29.3 Å². The van der Waals surface area contributed by atoms with Crippen molar-refractivity contribution in [1.29, 1.82) is 0 Å². The van der Waals surface area contributed by atoms with E-state index in [9.17, 15) is 14.7 Å². The Hall–Kier alpha value is -2.08. The molecule has 1 unspecified atom stereocenters. The van der Waals surface area contributed by atoms with E-state index >= 15 is 0 Å². The lowest BCUT2D eigenvalue weighted by Crippen LogP contribution is -2.46. The summed E-state index contributed by atoms with van der Waals surface area (Å²) in [5, 5.41) is 18.6. The molecule has 2 rings (SSSR count). The minimum atomic E-state index is -0.956. The van der Waals surface area contributed by atoms with Gasteiger partial charge in [0.25, 0.3) is 5.91 Å². The maximum absolute atomic E-state index is 12.3. The van der Waals surface area contributed by atoms with Gasteiger partial charge in [-0.25, -0.2) is 0 Å². The van der Waals surface area contributed by atoms with Crippen LogP contribution in [0.1, 0.15) is 22.3 Å². The number of hydrogen-bond donors (Lipinski definition) is 2. The second kappa shape index (κ2) is 5.92. The number of ether oxygens (including phenoxy) is 1. The Morgan fingerprint density at radius 1 is 1.45 bits per heavy atom. The van der Waals surface area contributed by atoms with Crippen LogP contribution in [0.15, 0.2) is 18.2 Å². The van der Waals surface area contributed by atoms with Gasteiger partial charge in [0.1, 0.15) is 5.75 Å². The fraction of sp³-hybridized carbons (Fsp3) is 0.429.